The van der Waals surface area contributed by atoms with Gasteiger partial charge in [-0.2, -0.15) is 0 Å². The lowest BCUT2D eigenvalue weighted by Gasteiger charge is -2.18. The highest BCUT2D eigenvalue weighted by Gasteiger charge is 2.09. The molecule has 1 atom stereocenters. The lowest BCUT2D eigenvalue weighted by molar-refractivity contribution is 0.129. The third-order valence-electron chi connectivity index (χ3n) is 2.69. The van der Waals surface area contributed by atoms with Crippen LogP contribution in [-0.4, -0.2) is 43.9 Å². The Labute approximate surface area is 112 Å². The van der Waals surface area contributed by atoms with Crippen molar-refractivity contribution in [1.29, 1.82) is 0 Å². The van der Waals surface area contributed by atoms with E-state index in [1.54, 1.807) is 7.11 Å². The van der Waals surface area contributed by atoms with Gasteiger partial charge >= 0.3 is 0 Å². The number of benzene rings is 1. The predicted octanol–water partition coefficient (Wildman–Crippen LogP) is 2.45. The van der Waals surface area contributed by atoms with Crippen molar-refractivity contribution < 1.29 is 9.84 Å². The zero-order valence-corrected chi connectivity index (χ0v) is 12.0. The summed E-state index contributed by atoms with van der Waals surface area (Å²) in [7, 11) is 3.73. The summed E-state index contributed by atoms with van der Waals surface area (Å²) < 4.78 is 6.01. The smallest absolute Gasteiger partial charge is 0.0802 e. The first-order chi connectivity index (χ1) is 8.13. The largest absolute Gasteiger partial charge is 0.388 e. The van der Waals surface area contributed by atoms with Crippen LogP contribution in [0.4, 0.5) is 0 Å². The normalized spacial score (nSPS) is 13.0. The van der Waals surface area contributed by atoms with E-state index in [0.717, 1.165) is 36.2 Å². The summed E-state index contributed by atoms with van der Waals surface area (Å²) in [4.78, 5) is 2.16. The molecule has 0 saturated heterocycles. The minimum absolute atomic E-state index is 0.405. The van der Waals surface area contributed by atoms with Crippen molar-refractivity contribution in [3.63, 3.8) is 0 Å². The lowest BCUT2D eigenvalue weighted by atomic mass is 10.1. The highest BCUT2D eigenvalue weighted by molar-refractivity contribution is 9.10. The molecule has 1 rings (SSSR count). The Morgan fingerprint density at radius 1 is 1.41 bits per heavy atom. The monoisotopic (exact) mass is 301 g/mol. The van der Waals surface area contributed by atoms with Crippen molar-refractivity contribution in [3.05, 3.63) is 34.3 Å². The van der Waals surface area contributed by atoms with Crippen LogP contribution in [0, 0.1) is 0 Å². The summed E-state index contributed by atoms with van der Waals surface area (Å²) in [6.07, 6.45) is 0.328. The quantitative estimate of drug-likeness (QED) is 0.840. The molecule has 0 radical (unpaired) electrons. The SMILES string of the molecule is COCCN(C)CCC(O)c1cccc(Br)c1. The molecule has 4 heteroatoms. The van der Waals surface area contributed by atoms with Gasteiger partial charge in [-0.25, -0.2) is 0 Å². The number of nitrogens with zero attached hydrogens (tertiary/aromatic N) is 1. The van der Waals surface area contributed by atoms with Gasteiger partial charge in [0, 0.05) is 24.7 Å². The maximum atomic E-state index is 10.0. The number of methoxy groups -OCH3 is 1. The first-order valence-electron chi connectivity index (χ1n) is 5.74. The molecule has 0 spiro atoms. The second kappa shape index (κ2) is 7.82. The Hall–Kier alpha value is -0.420. The van der Waals surface area contributed by atoms with Crippen LogP contribution >= 0.6 is 15.9 Å². The average molecular weight is 302 g/mol. The zero-order valence-electron chi connectivity index (χ0n) is 10.4. The van der Waals surface area contributed by atoms with Crippen LogP contribution < -0.4 is 0 Å². The first-order valence-corrected chi connectivity index (χ1v) is 6.54. The molecular formula is C13H20BrNO2. The maximum Gasteiger partial charge on any atom is 0.0802 e. The van der Waals surface area contributed by atoms with E-state index in [2.05, 4.69) is 20.8 Å². The van der Waals surface area contributed by atoms with E-state index in [1.165, 1.54) is 0 Å². The summed E-state index contributed by atoms with van der Waals surface area (Å²) in [5.74, 6) is 0. The second-order valence-electron chi connectivity index (χ2n) is 4.16. The fraction of sp³-hybridized carbons (Fsp3) is 0.538. The van der Waals surface area contributed by atoms with Gasteiger partial charge in [0.1, 0.15) is 0 Å². The van der Waals surface area contributed by atoms with E-state index in [-0.39, 0.29) is 0 Å². The van der Waals surface area contributed by atoms with Gasteiger partial charge < -0.3 is 14.7 Å². The van der Waals surface area contributed by atoms with E-state index in [0.29, 0.717) is 0 Å². The van der Waals surface area contributed by atoms with Gasteiger partial charge in [-0.15, -0.1) is 0 Å². The molecule has 0 fully saturated rings. The molecule has 0 saturated carbocycles. The number of aliphatic hydroxyl groups excluding tert-OH is 1. The van der Waals surface area contributed by atoms with Gasteiger partial charge in [-0.3, -0.25) is 0 Å². The number of likely N-dealkylation sites (N-methyl/N-ethyl adjacent to an activating group) is 1. The molecule has 0 aliphatic heterocycles. The molecule has 0 aliphatic carbocycles. The van der Waals surface area contributed by atoms with Crippen molar-refractivity contribution >= 4 is 15.9 Å². The van der Waals surface area contributed by atoms with Gasteiger partial charge in [0.25, 0.3) is 0 Å². The van der Waals surface area contributed by atoms with Crippen LogP contribution in [0.25, 0.3) is 0 Å². The molecule has 1 N–H and O–H groups in total. The van der Waals surface area contributed by atoms with Gasteiger partial charge in [-0.1, -0.05) is 28.1 Å². The van der Waals surface area contributed by atoms with E-state index in [9.17, 15) is 5.11 Å². The molecule has 0 aromatic heterocycles. The summed E-state index contributed by atoms with van der Waals surface area (Å²) >= 11 is 3.41. The van der Waals surface area contributed by atoms with Crippen LogP contribution in [0.2, 0.25) is 0 Å². The Balaban J connectivity index is 2.36. The highest BCUT2D eigenvalue weighted by Crippen LogP contribution is 2.20. The Morgan fingerprint density at radius 3 is 2.82 bits per heavy atom. The van der Waals surface area contributed by atoms with Crippen molar-refractivity contribution in [3.8, 4) is 0 Å². The number of rotatable bonds is 7. The fourth-order valence-corrected chi connectivity index (χ4v) is 2.00. The van der Waals surface area contributed by atoms with Crippen LogP contribution in [-0.2, 0) is 4.74 Å². The van der Waals surface area contributed by atoms with Crippen molar-refractivity contribution in [1.82, 2.24) is 4.90 Å². The third kappa shape index (κ3) is 5.64. The van der Waals surface area contributed by atoms with Gasteiger partial charge in [0.15, 0.2) is 0 Å². The zero-order chi connectivity index (χ0) is 12.7. The van der Waals surface area contributed by atoms with E-state index in [1.807, 2.05) is 31.3 Å². The Bertz CT molecular complexity index is 333. The van der Waals surface area contributed by atoms with Crippen molar-refractivity contribution in [2.24, 2.45) is 0 Å². The van der Waals surface area contributed by atoms with Crippen molar-refractivity contribution in [2.75, 3.05) is 33.9 Å². The minimum atomic E-state index is -0.405. The Kier molecular flexibility index (Phi) is 6.73. The standard InChI is InChI=1S/C13H20BrNO2/c1-15(8-9-17-2)7-6-13(16)11-4-3-5-12(14)10-11/h3-5,10,13,16H,6-9H2,1-2H3. The minimum Gasteiger partial charge on any atom is -0.388 e. The maximum absolute atomic E-state index is 10.0. The Morgan fingerprint density at radius 2 is 2.18 bits per heavy atom. The van der Waals surface area contributed by atoms with Crippen LogP contribution in [0.5, 0.6) is 0 Å². The molecule has 3 nitrogen and oxygen atoms in total. The summed E-state index contributed by atoms with van der Waals surface area (Å²) in [6.45, 7) is 2.47. The average Bonchev–Trinajstić information content (AvgIpc) is 2.33. The summed E-state index contributed by atoms with van der Waals surface area (Å²) in [5.41, 5.74) is 0.958. The number of hydrogen-bond acceptors (Lipinski definition) is 3. The van der Waals surface area contributed by atoms with Gasteiger partial charge in [0.05, 0.1) is 12.7 Å². The molecule has 1 aromatic carbocycles. The van der Waals surface area contributed by atoms with E-state index in [4.69, 9.17) is 4.74 Å². The summed E-state index contributed by atoms with van der Waals surface area (Å²) in [6, 6.07) is 7.81. The summed E-state index contributed by atoms with van der Waals surface area (Å²) in [5, 5.41) is 10.0. The van der Waals surface area contributed by atoms with Crippen molar-refractivity contribution in [2.45, 2.75) is 12.5 Å². The highest BCUT2D eigenvalue weighted by atomic mass is 79.9. The number of hydrogen-bond donors (Lipinski definition) is 1. The van der Waals surface area contributed by atoms with Gasteiger partial charge in [0.2, 0.25) is 0 Å². The molecule has 0 heterocycles. The molecule has 0 amide bonds. The second-order valence-corrected chi connectivity index (χ2v) is 5.07. The number of ether oxygens (including phenoxy) is 1. The third-order valence-corrected chi connectivity index (χ3v) is 3.19. The fourth-order valence-electron chi connectivity index (χ4n) is 1.58. The topological polar surface area (TPSA) is 32.7 Å². The van der Waals surface area contributed by atoms with Crippen LogP contribution in [0.3, 0.4) is 0 Å². The van der Waals surface area contributed by atoms with E-state index >= 15 is 0 Å². The molecule has 17 heavy (non-hydrogen) atoms. The van der Waals surface area contributed by atoms with Crippen LogP contribution in [0.15, 0.2) is 28.7 Å². The molecular weight excluding hydrogens is 282 g/mol. The molecule has 0 aliphatic rings. The molecule has 96 valence electrons. The predicted molar refractivity (Wildman–Crippen MR) is 73.1 cm³/mol. The number of aliphatic hydroxyl groups is 1. The molecule has 1 unspecified atom stereocenters. The lowest BCUT2D eigenvalue weighted by Crippen LogP contribution is -2.25. The van der Waals surface area contributed by atoms with Gasteiger partial charge in [-0.05, 0) is 31.2 Å². The number of halogens is 1. The van der Waals surface area contributed by atoms with Crippen LogP contribution in [0.1, 0.15) is 18.1 Å². The first kappa shape index (κ1) is 14.6. The molecule has 1 aromatic rings. The van der Waals surface area contributed by atoms with E-state index < -0.39 is 6.10 Å². The molecule has 0 bridgehead atoms.